The maximum atomic E-state index is 12.1. The molecule has 0 saturated heterocycles. The number of alkyl carbamates (subject to hydrolysis) is 1. The topological polar surface area (TPSA) is 96.5 Å². The van der Waals surface area contributed by atoms with E-state index in [9.17, 15) is 14.4 Å². The molecule has 3 amide bonds. The number of anilines is 1. The molecule has 8 heteroatoms. The van der Waals surface area contributed by atoms with Gasteiger partial charge in [0.1, 0.15) is 11.6 Å². The Morgan fingerprint density at radius 3 is 2.35 bits per heavy atom. The van der Waals surface area contributed by atoms with Crippen LogP contribution in [0.1, 0.15) is 38.1 Å². The van der Waals surface area contributed by atoms with E-state index in [0.29, 0.717) is 5.69 Å². The molecule has 0 aliphatic carbocycles. The molecular weight excluding hydrogens is 297 g/mol. The Bertz CT molecular complexity index is 599. The number of ether oxygens (including phenoxy) is 1. The molecule has 0 heterocycles. The van der Waals surface area contributed by atoms with Gasteiger partial charge in [-0.15, -0.1) is 0 Å². The Hall–Kier alpha value is -2.51. The largest absolute Gasteiger partial charge is 0.444 e. The van der Waals surface area contributed by atoms with Crippen LogP contribution >= 0.6 is 0 Å². The third kappa shape index (κ3) is 6.02. The lowest BCUT2D eigenvalue weighted by atomic mass is 10.1. The Morgan fingerprint density at radius 2 is 1.78 bits per heavy atom. The van der Waals surface area contributed by atoms with Crippen LogP contribution in [-0.4, -0.2) is 37.5 Å². The number of hydrogen-bond donors (Lipinski definition) is 3. The van der Waals surface area contributed by atoms with Gasteiger partial charge in [-0.25, -0.2) is 4.79 Å². The van der Waals surface area contributed by atoms with Crippen molar-refractivity contribution >= 4 is 31.6 Å². The third-order valence-electron chi connectivity index (χ3n) is 2.69. The normalized spacial score (nSPS) is 12.0. The molecule has 7 nitrogen and oxygen atoms in total. The molecule has 0 unspecified atom stereocenters. The first-order valence-corrected chi connectivity index (χ1v) is 7.04. The van der Waals surface area contributed by atoms with Crippen molar-refractivity contribution in [2.45, 2.75) is 39.3 Å². The van der Waals surface area contributed by atoms with Crippen LogP contribution in [0.2, 0.25) is 0 Å². The first-order valence-electron chi connectivity index (χ1n) is 7.04. The van der Waals surface area contributed by atoms with E-state index >= 15 is 0 Å². The monoisotopic (exact) mass is 317 g/mol. The Balaban J connectivity index is 2.73. The van der Waals surface area contributed by atoms with Gasteiger partial charge in [-0.05, 0) is 39.8 Å². The van der Waals surface area contributed by atoms with Crippen LogP contribution in [0.5, 0.6) is 0 Å². The molecule has 23 heavy (non-hydrogen) atoms. The van der Waals surface area contributed by atoms with Gasteiger partial charge in [0.2, 0.25) is 19.8 Å². The summed E-state index contributed by atoms with van der Waals surface area (Å²) in [6, 6.07) is 5.53. The van der Waals surface area contributed by atoms with Gasteiger partial charge in [0.05, 0.1) is 11.3 Å². The second-order valence-corrected chi connectivity index (χ2v) is 5.88. The zero-order valence-electron chi connectivity index (χ0n) is 13.6. The van der Waals surface area contributed by atoms with Crippen molar-refractivity contribution in [2.75, 3.05) is 5.32 Å². The number of hydrogen-bond acceptors (Lipinski definition) is 4. The lowest BCUT2D eigenvalue weighted by Gasteiger charge is -2.22. The van der Waals surface area contributed by atoms with E-state index in [2.05, 4.69) is 10.6 Å². The summed E-state index contributed by atoms with van der Waals surface area (Å²) >= 11 is 0. The van der Waals surface area contributed by atoms with Crippen LogP contribution in [0.3, 0.4) is 0 Å². The molecule has 0 aliphatic heterocycles. The summed E-state index contributed by atoms with van der Waals surface area (Å²) in [5, 5.41) is 6.99. The second kappa shape index (κ2) is 7.67. The SMILES string of the molecule is [B]NC(=O)c1ccccc1NC(=O)[C@H](C)NC(=O)OC(C)(C)C. The number of carbonyl (C=O) groups is 3. The van der Waals surface area contributed by atoms with Gasteiger partial charge in [0.25, 0.3) is 0 Å². The minimum Gasteiger partial charge on any atom is -0.444 e. The molecular formula is C15H20BN3O4. The third-order valence-corrected chi connectivity index (χ3v) is 2.69. The standard InChI is InChI=1S/C15H20BN3O4/c1-9(17-14(22)23-15(2,3)4)12(20)18-11-8-6-5-7-10(11)13(21)19-16/h5-9H,1-4H3,(H,17,22)(H,18,20)(H,19,21)/t9-/m0/s1. The van der Waals surface area contributed by atoms with Crippen molar-refractivity contribution in [3.63, 3.8) is 0 Å². The van der Waals surface area contributed by atoms with Crippen molar-refractivity contribution in [3.05, 3.63) is 29.8 Å². The Morgan fingerprint density at radius 1 is 1.17 bits per heavy atom. The highest BCUT2D eigenvalue weighted by molar-refractivity contribution is 6.20. The number of para-hydroxylation sites is 1. The van der Waals surface area contributed by atoms with Crippen molar-refractivity contribution in [1.29, 1.82) is 0 Å². The number of amides is 3. The number of carbonyl (C=O) groups excluding carboxylic acids is 3. The summed E-state index contributed by atoms with van der Waals surface area (Å²) in [6.07, 6.45) is -0.701. The van der Waals surface area contributed by atoms with E-state index in [1.54, 1.807) is 39.0 Å². The summed E-state index contributed by atoms with van der Waals surface area (Å²) in [5.41, 5.74) is -0.155. The Kier molecular flexibility index (Phi) is 6.18. The highest BCUT2D eigenvalue weighted by Gasteiger charge is 2.22. The van der Waals surface area contributed by atoms with Gasteiger partial charge < -0.3 is 20.6 Å². The lowest BCUT2D eigenvalue weighted by Crippen LogP contribution is -2.44. The summed E-state index contributed by atoms with van der Waals surface area (Å²) < 4.78 is 5.08. The van der Waals surface area contributed by atoms with E-state index in [4.69, 9.17) is 12.7 Å². The van der Waals surface area contributed by atoms with Crippen molar-refractivity contribution in [2.24, 2.45) is 0 Å². The fraction of sp³-hybridized carbons (Fsp3) is 0.400. The molecule has 0 saturated carbocycles. The maximum Gasteiger partial charge on any atom is 0.408 e. The quantitative estimate of drug-likeness (QED) is 0.730. The molecule has 122 valence electrons. The predicted octanol–water partition coefficient (Wildman–Crippen LogP) is 1.35. The van der Waals surface area contributed by atoms with E-state index in [1.165, 1.54) is 13.0 Å². The first kappa shape index (κ1) is 18.5. The number of rotatable bonds is 4. The van der Waals surface area contributed by atoms with E-state index in [0.717, 1.165) is 0 Å². The van der Waals surface area contributed by atoms with Crippen LogP contribution in [0.25, 0.3) is 0 Å². The smallest absolute Gasteiger partial charge is 0.408 e. The van der Waals surface area contributed by atoms with Crippen LogP contribution in [-0.2, 0) is 9.53 Å². The summed E-state index contributed by atoms with van der Waals surface area (Å²) in [5.74, 6) is -1.03. The van der Waals surface area contributed by atoms with Crippen LogP contribution in [0, 0.1) is 0 Å². The summed E-state index contributed by atoms with van der Waals surface area (Å²) in [7, 11) is 5.10. The fourth-order valence-electron chi connectivity index (χ4n) is 1.66. The van der Waals surface area contributed by atoms with E-state index in [-0.39, 0.29) is 5.56 Å². The molecule has 0 fully saturated rings. The average molecular weight is 317 g/mol. The van der Waals surface area contributed by atoms with E-state index in [1.807, 2.05) is 5.23 Å². The molecule has 1 atom stereocenters. The highest BCUT2D eigenvalue weighted by Crippen LogP contribution is 2.15. The second-order valence-electron chi connectivity index (χ2n) is 5.88. The first-order chi connectivity index (χ1) is 10.6. The van der Waals surface area contributed by atoms with Crippen LogP contribution in [0.15, 0.2) is 24.3 Å². The minimum absolute atomic E-state index is 0.216. The van der Waals surface area contributed by atoms with E-state index < -0.39 is 29.6 Å². The van der Waals surface area contributed by atoms with Gasteiger partial charge in [0, 0.05) is 0 Å². The van der Waals surface area contributed by atoms with Gasteiger partial charge in [-0.1, -0.05) is 12.1 Å². The number of nitrogens with one attached hydrogen (secondary N) is 3. The van der Waals surface area contributed by atoms with Gasteiger partial charge in [0.15, 0.2) is 0 Å². The summed E-state index contributed by atoms with van der Waals surface area (Å²) in [6.45, 7) is 6.67. The summed E-state index contributed by atoms with van der Waals surface area (Å²) in [4.78, 5) is 35.4. The van der Waals surface area contributed by atoms with Crippen LogP contribution in [0.4, 0.5) is 10.5 Å². The van der Waals surface area contributed by atoms with Gasteiger partial charge in [-0.2, -0.15) is 0 Å². The zero-order valence-corrected chi connectivity index (χ0v) is 13.6. The fourth-order valence-corrected chi connectivity index (χ4v) is 1.66. The highest BCUT2D eigenvalue weighted by atomic mass is 16.6. The molecule has 1 rings (SSSR count). The molecule has 2 radical (unpaired) electrons. The van der Waals surface area contributed by atoms with Crippen molar-refractivity contribution in [3.8, 4) is 0 Å². The number of benzene rings is 1. The molecule has 1 aromatic carbocycles. The van der Waals surface area contributed by atoms with Crippen molar-refractivity contribution < 1.29 is 19.1 Å². The molecule has 1 aromatic rings. The van der Waals surface area contributed by atoms with Crippen LogP contribution < -0.4 is 15.9 Å². The lowest BCUT2D eigenvalue weighted by molar-refractivity contribution is -0.117. The maximum absolute atomic E-state index is 12.1. The average Bonchev–Trinajstić information content (AvgIpc) is 2.44. The minimum atomic E-state index is -0.848. The van der Waals surface area contributed by atoms with Crippen molar-refractivity contribution in [1.82, 2.24) is 10.5 Å². The molecule has 3 N–H and O–H groups in total. The molecule has 0 aromatic heterocycles. The van der Waals surface area contributed by atoms with Gasteiger partial charge in [-0.3, -0.25) is 9.59 Å². The zero-order chi connectivity index (χ0) is 17.6. The predicted molar refractivity (Wildman–Crippen MR) is 87.1 cm³/mol. The molecule has 0 aliphatic rings. The molecule has 0 bridgehead atoms. The molecule has 0 spiro atoms. The van der Waals surface area contributed by atoms with Gasteiger partial charge >= 0.3 is 6.09 Å². The Labute approximate surface area is 136 Å².